The highest BCUT2D eigenvalue weighted by molar-refractivity contribution is 5.95. The number of nitriles is 1. The second kappa shape index (κ2) is 10.3. The van der Waals surface area contributed by atoms with Crippen LogP contribution in [0, 0.1) is 22.7 Å². The largest absolute Gasteiger partial charge is 0.472 e. The van der Waals surface area contributed by atoms with E-state index in [2.05, 4.69) is 5.32 Å². The Morgan fingerprint density at radius 1 is 1.21 bits per heavy atom. The van der Waals surface area contributed by atoms with Crippen LogP contribution in [0.5, 0.6) is 0 Å². The van der Waals surface area contributed by atoms with Crippen molar-refractivity contribution in [3.8, 4) is 6.07 Å². The number of nitrogens with zero attached hydrogens (tertiary/aromatic N) is 2. The SMILES string of the molecule is COC(=O)CC1CCN(C(=O)C(C)(C)C(NC(=O)c2ccc(C#N)cc2)c2ccoc2)CC1. The Balaban J connectivity index is 1.74. The second-order valence-corrected chi connectivity index (χ2v) is 8.89. The van der Waals surface area contributed by atoms with Crippen molar-refractivity contribution in [3.63, 3.8) is 0 Å². The third-order valence-corrected chi connectivity index (χ3v) is 6.29. The van der Waals surface area contributed by atoms with Crippen LogP contribution in [0.4, 0.5) is 0 Å². The number of methoxy groups -OCH3 is 1. The maximum absolute atomic E-state index is 13.6. The first-order valence-electron chi connectivity index (χ1n) is 11.0. The number of hydrogen-bond acceptors (Lipinski definition) is 6. The first kappa shape index (κ1) is 24.1. The zero-order chi connectivity index (χ0) is 24.0. The molecule has 8 heteroatoms. The van der Waals surface area contributed by atoms with Crippen LogP contribution in [0.15, 0.2) is 47.3 Å². The van der Waals surface area contributed by atoms with Crippen molar-refractivity contribution in [1.29, 1.82) is 5.26 Å². The summed E-state index contributed by atoms with van der Waals surface area (Å²) in [5.74, 6) is -0.454. The highest BCUT2D eigenvalue weighted by Gasteiger charge is 2.42. The average Bonchev–Trinajstić information content (AvgIpc) is 3.36. The number of benzene rings is 1. The quantitative estimate of drug-likeness (QED) is 0.645. The molecular formula is C25H29N3O5. The number of nitrogens with one attached hydrogen (secondary N) is 1. The molecule has 1 unspecified atom stereocenters. The molecule has 2 heterocycles. The van der Waals surface area contributed by atoms with Crippen molar-refractivity contribution in [2.75, 3.05) is 20.2 Å². The molecule has 1 aliphatic rings. The predicted octanol–water partition coefficient (Wildman–Crippen LogP) is 3.45. The van der Waals surface area contributed by atoms with E-state index >= 15 is 0 Å². The molecule has 2 aromatic rings. The van der Waals surface area contributed by atoms with E-state index < -0.39 is 11.5 Å². The maximum atomic E-state index is 13.6. The van der Waals surface area contributed by atoms with Crippen molar-refractivity contribution in [1.82, 2.24) is 10.2 Å². The molecule has 1 aromatic carbocycles. The minimum Gasteiger partial charge on any atom is -0.472 e. The number of likely N-dealkylation sites (tertiary alicyclic amines) is 1. The maximum Gasteiger partial charge on any atom is 0.305 e. The number of rotatable bonds is 7. The number of carbonyl (C=O) groups is 3. The summed E-state index contributed by atoms with van der Waals surface area (Å²) in [5.41, 5.74) is 0.593. The van der Waals surface area contributed by atoms with Gasteiger partial charge >= 0.3 is 5.97 Å². The Labute approximate surface area is 193 Å². The van der Waals surface area contributed by atoms with E-state index in [0.29, 0.717) is 36.2 Å². The van der Waals surface area contributed by atoms with Crippen LogP contribution in [0.25, 0.3) is 0 Å². The minimum absolute atomic E-state index is 0.0784. The summed E-state index contributed by atoms with van der Waals surface area (Å²) in [7, 11) is 1.38. The third-order valence-electron chi connectivity index (χ3n) is 6.29. The molecule has 3 rings (SSSR count). The normalized spacial score (nSPS) is 15.4. The summed E-state index contributed by atoms with van der Waals surface area (Å²) in [4.78, 5) is 39.9. The lowest BCUT2D eigenvalue weighted by Crippen LogP contribution is -2.51. The van der Waals surface area contributed by atoms with E-state index in [-0.39, 0.29) is 23.7 Å². The third kappa shape index (κ3) is 5.61. The highest BCUT2D eigenvalue weighted by Crippen LogP contribution is 2.37. The molecular weight excluding hydrogens is 422 g/mol. The van der Waals surface area contributed by atoms with Gasteiger partial charge in [-0.05, 0) is 62.9 Å². The molecule has 0 saturated carbocycles. The number of hydrogen-bond donors (Lipinski definition) is 1. The van der Waals surface area contributed by atoms with E-state index in [1.807, 2.05) is 19.9 Å². The van der Waals surface area contributed by atoms with E-state index in [1.54, 1.807) is 35.2 Å². The minimum atomic E-state index is -0.957. The van der Waals surface area contributed by atoms with Gasteiger partial charge in [0.05, 0.1) is 42.7 Å². The highest BCUT2D eigenvalue weighted by atomic mass is 16.5. The monoisotopic (exact) mass is 451 g/mol. The van der Waals surface area contributed by atoms with Crippen molar-refractivity contribution in [2.24, 2.45) is 11.3 Å². The molecule has 174 valence electrons. The summed E-state index contributed by atoms with van der Waals surface area (Å²) in [6.45, 7) is 4.72. The smallest absolute Gasteiger partial charge is 0.305 e. The summed E-state index contributed by atoms with van der Waals surface area (Å²) in [5, 5.41) is 12.0. The fourth-order valence-electron chi connectivity index (χ4n) is 4.22. The van der Waals surface area contributed by atoms with Crippen LogP contribution in [0.3, 0.4) is 0 Å². The second-order valence-electron chi connectivity index (χ2n) is 8.89. The Morgan fingerprint density at radius 3 is 2.42 bits per heavy atom. The van der Waals surface area contributed by atoms with Gasteiger partial charge in [-0.15, -0.1) is 0 Å². The van der Waals surface area contributed by atoms with Gasteiger partial charge in [0, 0.05) is 30.6 Å². The number of amides is 2. The van der Waals surface area contributed by atoms with E-state index in [9.17, 15) is 14.4 Å². The standard InChI is InChI=1S/C25H29N3O5/c1-25(2,24(31)28-11-8-17(9-12-28)14-21(29)32-3)22(20-10-13-33-16-20)27-23(30)19-6-4-18(15-26)5-7-19/h4-7,10,13,16-17,22H,8-9,11-12,14H2,1-3H3,(H,27,30). The average molecular weight is 452 g/mol. The molecule has 0 bridgehead atoms. The first-order valence-corrected chi connectivity index (χ1v) is 11.0. The molecule has 1 N–H and O–H groups in total. The van der Waals surface area contributed by atoms with Gasteiger partial charge < -0.3 is 19.4 Å². The topological polar surface area (TPSA) is 113 Å². The molecule has 8 nitrogen and oxygen atoms in total. The molecule has 0 aliphatic carbocycles. The summed E-state index contributed by atoms with van der Waals surface area (Å²) in [6, 6.07) is 9.47. The van der Waals surface area contributed by atoms with Crippen molar-refractivity contribution >= 4 is 17.8 Å². The molecule has 33 heavy (non-hydrogen) atoms. The number of esters is 1. The van der Waals surface area contributed by atoms with Gasteiger partial charge in [0.15, 0.2) is 0 Å². The predicted molar refractivity (Wildman–Crippen MR) is 120 cm³/mol. The van der Waals surface area contributed by atoms with Gasteiger partial charge in [-0.1, -0.05) is 0 Å². The first-order chi connectivity index (χ1) is 15.8. The Bertz CT molecular complexity index is 1010. The van der Waals surface area contributed by atoms with Gasteiger partial charge in [0.25, 0.3) is 5.91 Å². The van der Waals surface area contributed by atoms with Crippen molar-refractivity contribution in [2.45, 2.75) is 39.2 Å². The van der Waals surface area contributed by atoms with Crippen LogP contribution in [-0.2, 0) is 14.3 Å². The van der Waals surface area contributed by atoms with Gasteiger partial charge in [0.1, 0.15) is 0 Å². The molecule has 0 radical (unpaired) electrons. The lowest BCUT2D eigenvalue weighted by atomic mass is 9.79. The Kier molecular flexibility index (Phi) is 7.54. The number of carbonyl (C=O) groups excluding carboxylic acids is 3. The summed E-state index contributed by atoms with van der Waals surface area (Å²) < 4.78 is 10.00. The number of furan rings is 1. The molecule has 1 aliphatic heterocycles. The zero-order valence-corrected chi connectivity index (χ0v) is 19.2. The Morgan fingerprint density at radius 2 is 1.88 bits per heavy atom. The summed E-state index contributed by atoms with van der Waals surface area (Å²) in [6.07, 6.45) is 4.85. The number of ether oxygens (including phenoxy) is 1. The fraction of sp³-hybridized carbons (Fsp3) is 0.440. The zero-order valence-electron chi connectivity index (χ0n) is 19.2. The van der Waals surface area contributed by atoms with Gasteiger partial charge in [-0.2, -0.15) is 5.26 Å². The van der Waals surface area contributed by atoms with Gasteiger partial charge in [-0.25, -0.2) is 0 Å². The lowest BCUT2D eigenvalue weighted by Gasteiger charge is -2.40. The van der Waals surface area contributed by atoms with Crippen LogP contribution in [0.1, 0.15) is 60.6 Å². The molecule has 1 aromatic heterocycles. The molecule has 2 amide bonds. The van der Waals surface area contributed by atoms with Crippen molar-refractivity contribution in [3.05, 3.63) is 59.5 Å². The lowest BCUT2D eigenvalue weighted by molar-refractivity contribution is -0.144. The van der Waals surface area contributed by atoms with Crippen LogP contribution in [-0.4, -0.2) is 42.9 Å². The fourth-order valence-corrected chi connectivity index (χ4v) is 4.22. The van der Waals surface area contributed by atoms with Crippen LogP contribution >= 0.6 is 0 Å². The Hall–Kier alpha value is -3.60. The molecule has 1 saturated heterocycles. The van der Waals surface area contributed by atoms with E-state index in [1.165, 1.54) is 19.6 Å². The van der Waals surface area contributed by atoms with Crippen LogP contribution < -0.4 is 5.32 Å². The van der Waals surface area contributed by atoms with Gasteiger partial charge in [-0.3, -0.25) is 14.4 Å². The van der Waals surface area contributed by atoms with E-state index in [0.717, 1.165) is 12.8 Å². The van der Waals surface area contributed by atoms with Crippen molar-refractivity contribution < 1.29 is 23.5 Å². The van der Waals surface area contributed by atoms with Crippen LogP contribution in [0.2, 0.25) is 0 Å². The van der Waals surface area contributed by atoms with E-state index in [4.69, 9.17) is 14.4 Å². The molecule has 1 fully saturated rings. The number of piperidine rings is 1. The van der Waals surface area contributed by atoms with Gasteiger partial charge in [0.2, 0.25) is 5.91 Å². The molecule has 0 spiro atoms. The molecule has 1 atom stereocenters. The summed E-state index contributed by atoms with van der Waals surface area (Å²) >= 11 is 0.